The van der Waals surface area contributed by atoms with Crippen molar-refractivity contribution >= 4 is 11.6 Å². The smallest absolute Gasteiger partial charge is 0.255 e. The number of likely N-dealkylation sites (tertiary alicyclic amines) is 1. The van der Waals surface area contributed by atoms with Gasteiger partial charge in [-0.05, 0) is 105 Å². The van der Waals surface area contributed by atoms with Crippen molar-refractivity contribution in [3.05, 3.63) is 101 Å². The van der Waals surface area contributed by atoms with Gasteiger partial charge in [-0.25, -0.2) is 0 Å². The number of benzene rings is 3. The molecule has 2 atom stereocenters. The van der Waals surface area contributed by atoms with Crippen LogP contribution in [0.3, 0.4) is 0 Å². The van der Waals surface area contributed by atoms with Crippen LogP contribution in [0.1, 0.15) is 64.8 Å². The summed E-state index contributed by atoms with van der Waals surface area (Å²) in [6.45, 7) is 3.33. The van der Waals surface area contributed by atoms with Crippen LogP contribution in [-0.2, 0) is 6.42 Å². The van der Waals surface area contributed by atoms with Crippen molar-refractivity contribution in [3.8, 4) is 0 Å². The molecule has 3 aromatic carbocycles. The molecule has 2 N–H and O–H groups in total. The molecule has 1 aliphatic carbocycles. The van der Waals surface area contributed by atoms with Gasteiger partial charge in [0.05, 0.1) is 6.10 Å². The van der Waals surface area contributed by atoms with E-state index in [9.17, 15) is 9.90 Å². The maximum absolute atomic E-state index is 12.7. The van der Waals surface area contributed by atoms with Gasteiger partial charge in [-0.3, -0.25) is 4.79 Å². The van der Waals surface area contributed by atoms with E-state index in [0.29, 0.717) is 11.5 Å². The van der Waals surface area contributed by atoms with Crippen LogP contribution in [-0.4, -0.2) is 35.5 Å². The fourth-order valence-corrected chi connectivity index (χ4v) is 5.60. The number of rotatable bonds is 6. The molecule has 1 aliphatic heterocycles. The summed E-state index contributed by atoms with van der Waals surface area (Å²) < 4.78 is 0. The number of hydrogen-bond acceptors (Lipinski definition) is 3. The van der Waals surface area contributed by atoms with Crippen molar-refractivity contribution in [3.63, 3.8) is 0 Å². The molecule has 176 valence electrons. The Morgan fingerprint density at radius 3 is 2.35 bits per heavy atom. The zero-order chi connectivity index (χ0) is 23.3. The van der Waals surface area contributed by atoms with Crippen LogP contribution < -0.4 is 5.32 Å². The van der Waals surface area contributed by atoms with Crippen molar-refractivity contribution in [2.45, 2.75) is 44.1 Å². The summed E-state index contributed by atoms with van der Waals surface area (Å²) in [6.07, 6.45) is 4.89. The maximum Gasteiger partial charge on any atom is 0.255 e. The van der Waals surface area contributed by atoms with Gasteiger partial charge in [0.25, 0.3) is 5.91 Å². The summed E-state index contributed by atoms with van der Waals surface area (Å²) in [7, 11) is 0. The Labute approximate surface area is 202 Å². The Bertz CT molecular complexity index is 1090. The van der Waals surface area contributed by atoms with E-state index in [1.54, 1.807) is 0 Å². The average molecular weight is 455 g/mol. The third kappa shape index (κ3) is 5.24. The predicted octanol–water partition coefficient (Wildman–Crippen LogP) is 5.80. The van der Waals surface area contributed by atoms with Crippen LogP contribution in [0.15, 0.2) is 78.9 Å². The van der Waals surface area contributed by atoms with E-state index in [1.807, 2.05) is 48.5 Å². The number of amides is 1. The van der Waals surface area contributed by atoms with E-state index in [4.69, 9.17) is 0 Å². The molecule has 1 saturated heterocycles. The Morgan fingerprint density at radius 1 is 0.912 bits per heavy atom. The topological polar surface area (TPSA) is 52.6 Å². The second-order valence-corrected chi connectivity index (χ2v) is 9.79. The number of nitrogens with one attached hydrogen (secondary N) is 1. The molecule has 0 bridgehead atoms. The molecule has 1 amide bonds. The van der Waals surface area contributed by atoms with Crippen LogP contribution in [0, 0.1) is 5.92 Å². The Kier molecular flexibility index (Phi) is 7.08. The van der Waals surface area contributed by atoms with E-state index in [1.165, 1.54) is 18.4 Å². The number of carbonyl (C=O) groups excluding carboxylic acids is 1. The summed E-state index contributed by atoms with van der Waals surface area (Å²) in [5.74, 6) is 0.853. The van der Waals surface area contributed by atoms with Gasteiger partial charge in [0.1, 0.15) is 0 Å². The van der Waals surface area contributed by atoms with Crippen LogP contribution >= 0.6 is 0 Å². The second kappa shape index (κ2) is 10.5. The molecule has 2 aliphatic rings. The first-order valence-electron chi connectivity index (χ1n) is 12.6. The van der Waals surface area contributed by atoms with Gasteiger partial charge >= 0.3 is 0 Å². The minimum atomic E-state index is -0.447. The highest BCUT2D eigenvalue weighted by molar-refractivity contribution is 6.04. The van der Waals surface area contributed by atoms with Gasteiger partial charge in [0.15, 0.2) is 0 Å². The molecular weight excluding hydrogens is 420 g/mol. The first-order chi connectivity index (χ1) is 16.7. The molecule has 0 spiro atoms. The zero-order valence-electron chi connectivity index (χ0n) is 19.7. The number of aliphatic hydroxyl groups excluding tert-OH is 1. The van der Waals surface area contributed by atoms with E-state index in [-0.39, 0.29) is 11.8 Å². The lowest BCUT2D eigenvalue weighted by Gasteiger charge is -2.35. The molecule has 4 nitrogen and oxygen atoms in total. The second-order valence-electron chi connectivity index (χ2n) is 9.79. The first kappa shape index (κ1) is 22.8. The lowest BCUT2D eigenvalue weighted by Crippen LogP contribution is -2.35. The number of hydrogen-bond donors (Lipinski definition) is 2. The predicted molar refractivity (Wildman–Crippen MR) is 137 cm³/mol. The Balaban J connectivity index is 1.14. The maximum atomic E-state index is 12.7. The quantitative estimate of drug-likeness (QED) is 0.495. The fourth-order valence-electron chi connectivity index (χ4n) is 5.60. The number of fused-ring (bicyclic) bond motifs is 1. The Hall–Kier alpha value is -2.95. The molecule has 0 saturated carbocycles. The van der Waals surface area contributed by atoms with Gasteiger partial charge in [-0.1, -0.05) is 54.6 Å². The molecule has 0 radical (unpaired) electrons. The molecular formula is C30H34N2O2. The van der Waals surface area contributed by atoms with Gasteiger partial charge < -0.3 is 15.3 Å². The van der Waals surface area contributed by atoms with E-state index in [0.717, 1.165) is 55.7 Å². The van der Waals surface area contributed by atoms with E-state index >= 15 is 0 Å². The number of para-hydroxylation sites is 1. The van der Waals surface area contributed by atoms with Crippen molar-refractivity contribution in [1.29, 1.82) is 0 Å². The zero-order valence-corrected chi connectivity index (χ0v) is 19.7. The standard InChI is InChI=1S/C30H34N2O2/c33-29-24(17-20-32-18-15-23(16-19-32)22-7-3-1-4-8-22)11-12-25-21-26(13-14-28(25)29)30(34)31-27-9-5-2-6-10-27/h1-10,13-14,21,23-24,29,33H,11-12,15-20H2,(H,31,34)/t24?,29-/m0/s1. The SMILES string of the molecule is O=C(Nc1ccccc1)c1ccc2c(c1)CCC(CCN1CCC(c3ccccc3)CC1)[C@@H]2O. The molecule has 0 aromatic heterocycles. The van der Waals surface area contributed by atoms with Crippen LogP contribution in [0.5, 0.6) is 0 Å². The molecule has 34 heavy (non-hydrogen) atoms. The monoisotopic (exact) mass is 454 g/mol. The lowest BCUT2D eigenvalue weighted by molar-refractivity contribution is 0.0771. The number of aryl methyl sites for hydroxylation is 1. The summed E-state index contributed by atoms with van der Waals surface area (Å²) >= 11 is 0. The van der Waals surface area contributed by atoms with Crippen molar-refractivity contribution < 1.29 is 9.90 Å². The average Bonchev–Trinajstić information content (AvgIpc) is 2.89. The number of aliphatic hydroxyl groups is 1. The van der Waals surface area contributed by atoms with Crippen molar-refractivity contribution in [2.75, 3.05) is 25.0 Å². The van der Waals surface area contributed by atoms with Gasteiger partial charge in [0, 0.05) is 11.3 Å². The summed E-state index contributed by atoms with van der Waals surface area (Å²) in [5.41, 5.74) is 5.01. The normalized spacial score (nSPS) is 21.1. The summed E-state index contributed by atoms with van der Waals surface area (Å²) in [6, 6.07) is 26.2. The number of nitrogens with zero attached hydrogens (tertiary/aromatic N) is 1. The van der Waals surface area contributed by atoms with Crippen molar-refractivity contribution in [1.82, 2.24) is 4.90 Å². The highest BCUT2D eigenvalue weighted by Gasteiger charge is 2.29. The number of piperidine rings is 1. The first-order valence-corrected chi connectivity index (χ1v) is 12.6. The minimum absolute atomic E-state index is 0.107. The summed E-state index contributed by atoms with van der Waals surface area (Å²) in [4.78, 5) is 15.2. The largest absolute Gasteiger partial charge is 0.388 e. The highest BCUT2D eigenvalue weighted by atomic mass is 16.3. The molecule has 1 unspecified atom stereocenters. The van der Waals surface area contributed by atoms with E-state index in [2.05, 4.69) is 40.5 Å². The fraction of sp³-hybridized carbons (Fsp3) is 0.367. The summed E-state index contributed by atoms with van der Waals surface area (Å²) in [5, 5.41) is 14.0. The lowest BCUT2D eigenvalue weighted by atomic mass is 9.79. The minimum Gasteiger partial charge on any atom is -0.388 e. The molecule has 1 heterocycles. The molecule has 3 aromatic rings. The van der Waals surface area contributed by atoms with Gasteiger partial charge in [-0.2, -0.15) is 0 Å². The van der Waals surface area contributed by atoms with Crippen LogP contribution in [0.4, 0.5) is 5.69 Å². The highest BCUT2D eigenvalue weighted by Crippen LogP contribution is 2.37. The molecule has 1 fully saturated rings. The van der Waals surface area contributed by atoms with Crippen LogP contribution in [0.2, 0.25) is 0 Å². The van der Waals surface area contributed by atoms with Gasteiger partial charge in [0.2, 0.25) is 0 Å². The van der Waals surface area contributed by atoms with Gasteiger partial charge in [-0.15, -0.1) is 0 Å². The third-order valence-corrected chi connectivity index (χ3v) is 7.66. The van der Waals surface area contributed by atoms with Crippen molar-refractivity contribution in [2.24, 2.45) is 5.92 Å². The number of carbonyl (C=O) groups is 1. The number of anilines is 1. The third-order valence-electron chi connectivity index (χ3n) is 7.66. The Morgan fingerprint density at radius 2 is 1.62 bits per heavy atom. The van der Waals surface area contributed by atoms with E-state index < -0.39 is 6.10 Å². The molecule has 4 heteroatoms. The molecule has 5 rings (SSSR count). The van der Waals surface area contributed by atoms with Crippen LogP contribution in [0.25, 0.3) is 0 Å².